The van der Waals surface area contributed by atoms with Crippen molar-refractivity contribution in [1.82, 2.24) is 19.9 Å². The number of thiophene rings is 1. The molecule has 122 valence electrons. The fourth-order valence-electron chi connectivity index (χ4n) is 2.95. The maximum Gasteiger partial charge on any atom is 0.238 e. The minimum Gasteiger partial charge on any atom is -0.323 e. The van der Waals surface area contributed by atoms with Crippen LogP contribution in [0.2, 0.25) is 0 Å². The van der Waals surface area contributed by atoms with E-state index in [2.05, 4.69) is 32.0 Å². The van der Waals surface area contributed by atoms with E-state index in [0.29, 0.717) is 6.54 Å². The lowest BCUT2D eigenvalue weighted by Crippen LogP contribution is -2.36. The smallest absolute Gasteiger partial charge is 0.238 e. The molecule has 0 bridgehead atoms. The zero-order valence-corrected chi connectivity index (χ0v) is 13.9. The average Bonchev–Trinajstić information content (AvgIpc) is 3.26. The van der Waals surface area contributed by atoms with Crippen LogP contribution in [-0.4, -0.2) is 38.9 Å². The Morgan fingerprint density at radius 3 is 3.08 bits per heavy atom. The Hall–Kier alpha value is -2.51. The standard InChI is InChI=1S/C17H17N5OS/c23-17(12-21-8-5-16-13(11-21)6-10-24-16)19-14-3-1-2-4-15(14)22-9-7-18-20-22/h1-4,6-7,9-10H,5,8,11-12H2,(H,19,23). The molecule has 3 aromatic rings. The van der Waals surface area contributed by atoms with Gasteiger partial charge >= 0.3 is 0 Å². The fourth-order valence-corrected chi connectivity index (χ4v) is 3.84. The number of hydrogen-bond acceptors (Lipinski definition) is 5. The highest BCUT2D eigenvalue weighted by molar-refractivity contribution is 7.10. The predicted octanol–water partition coefficient (Wildman–Crippen LogP) is 2.33. The van der Waals surface area contributed by atoms with Gasteiger partial charge in [-0.3, -0.25) is 9.69 Å². The van der Waals surface area contributed by atoms with Crippen LogP contribution < -0.4 is 5.32 Å². The van der Waals surface area contributed by atoms with Crippen LogP contribution in [0, 0.1) is 0 Å². The van der Waals surface area contributed by atoms with Gasteiger partial charge in [0.05, 0.1) is 30.3 Å². The van der Waals surface area contributed by atoms with Gasteiger partial charge < -0.3 is 5.32 Å². The molecule has 3 heterocycles. The molecule has 1 aliphatic rings. The number of carbonyl (C=O) groups is 1. The van der Waals surface area contributed by atoms with E-state index >= 15 is 0 Å². The average molecular weight is 339 g/mol. The van der Waals surface area contributed by atoms with Crippen LogP contribution in [0.4, 0.5) is 5.69 Å². The van der Waals surface area contributed by atoms with Crippen molar-refractivity contribution >= 4 is 22.9 Å². The summed E-state index contributed by atoms with van der Waals surface area (Å²) < 4.78 is 1.65. The monoisotopic (exact) mass is 339 g/mol. The number of anilines is 1. The molecule has 6 nitrogen and oxygen atoms in total. The summed E-state index contributed by atoms with van der Waals surface area (Å²) in [6.07, 6.45) is 4.40. The molecule has 0 unspecified atom stereocenters. The van der Waals surface area contributed by atoms with Crippen molar-refractivity contribution in [3.05, 3.63) is 58.5 Å². The molecule has 1 amide bonds. The Kier molecular flexibility index (Phi) is 4.10. The number of amides is 1. The first kappa shape index (κ1) is 15.0. The molecule has 4 rings (SSSR count). The summed E-state index contributed by atoms with van der Waals surface area (Å²) in [5.74, 6) is -0.0127. The van der Waals surface area contributed by atoms with E-state index < -0.39 is 0 Å². The third-order valence-electron chi connectivity index (χ3n) is 4.10. The van der Waals surface area contributed by atoms with Crippen LogP contribution in [0.3, 0.4) is 0 Å². The minimum absolute atomic E-state index is 0.0127. The third kappa shape index (κ3) is 3.08. The summed E-state index contributed by atoms with van der Waals surface area (Å²) in [5.41, 5.74) is 2.89. The normalized spacial score (nSPS) is 14.3. The highest BCUT2D eigenvalue weighted by Crippen LogP contribution is 2.24. The number of para-hydroxylation sites is 2. The van der Waals surface area contributed by atoms with Crippen molar-refractivity contribution < 1.29 is 4.79 Å². The zero-order valence-electron chi connectivity index (χ0n) is 13.1. The second kappa shape index (κ2) is 6.54. The lowest BCUT2D eigenvalue weighted by atomic mass is 10.1. The molecule has 1 aliphatic heterocycles. The van der Waals surface area contributed by atoms with E-state index in [4.69, 9.17) is 0 Å². The Bertz CT molecular complexity index is 842. The predicted molar refractivity (Wildman–Crippen MR) is 93.3 cm³/mol. The number of fused-ring (bicyclic) bond motifs is 1. The summed E-state index contributed by atoms with van der Waals surface area (Å²) in [7, 11) is 0. The van der Waals surface area contributed by atoms with Gasteiger partial charge in [0.2, 0.25) is 5.91 Å². The first-order valence-corrected chi connectivity index (χ1v) is 8.71. The number of hydrogen-bond donors (Lipinski definition) is 1. The maximum absolute atomic E-state index is 12.5. The lowest BCUT2D eigenvalue weighted by molar-refractivity contribution is -0.117. The number of benzene rings is 1. The van der Waals surface area contributed by atoms with E-state index in [1.807, 2.05) is 24.3 Å². The van der Waals surface area contributed by atoms with Gasteiger partial charge in [0.25, 0.3) is 0 Å². The van der Waals surface area contributed by atoms with Crippen molar-refractivity contribution in [1.29, 1.82) is 0 Å². The first-order valence-electron chi connectivity index (χ1n) is 7.83. The summed E-state index contributed by atoms with van der Waals surface area (Å²) in [5, 5.41) is 12.9. The fraction of sp³-hybridized carbons (Fsp3) is 0.235. The number of nitrogens with one attached hydrogen (secondary N) is 1. The summed E-state index contributed by atoms with van der Waals surface area (Å²) in [4.78, 5) is 16.1. The molecule has 0 radical (unpaired) electrons. The Labute approximate surface area is 143 Å². The number of aromatic nitrogens is 3. The van der Waals surface area contributed by atoms with Crippen molar-refractivity contribution in [3.63, 3.8) is 0 Å². The second-order valence-corrected chi connectivity index (χ2v) is 6.74. The molecule has 0 atom stereocenters. The largest absolute Gasteiger partial charge is 0.323 e. The molecule has 0 fully saturated rings. The van der Waals surface area contributed by atoms with Crippen LogP contribution in [0.5, 0.6) is 0 Å². The van der Waals surface area contributed by atoms with E-state index in [1.165, 1.54) is 10.4 Å². The molecule has 24 heavy (non-hydrogen) atoms. The van der Waals surface area contributed by atoms with Crippen molar-refractivity contribution in [3.8, 4) is 5.69 Å². The highest BCUT2D eigenvalue weighted by atomic mass is 32.1. The van der Waals surface area contributed by atoms with Gasteiger partial charge in [-0.15, -0.1) is 16.4 Å². The van der Waals surface area contributed by atoms with Gasteiger partial charge in [0.15, 0.2) is 0 Å². The van der Waals surface area contributed by atoms with Crippen LogP contribution in [0.1, 0.15) is 10.4 Å². The zero-order chi connectivity index (χ0) is 16.4. The Morgan fingerprint density at radius 1 is 1.29 bits per heavy atom. The maximum atomic E-state index is 12.5. The molecular weight excluding hydrogens is 322 g/mol. The number of carbonyl (C=O) groups excluding carboxylic acids is 1. The van der Waals surface area contributed by atoms with E-state index in [9.17, 15) is 4.79 Å². The molecule has 0 saturated carbocycles. The van der Waals surface area contributed by atoms with Crippen molar-refractivity contribution in [2.24, 2.45) is 0 Å². The molecule has 0 spiro atoms. The summed E-state index contributed by atoms with van der Waals surface area (Å²) in [6, 6.07) is 9.75. The number of rotatable bonds is 4. The van der Waals surface area contributed by atoms with Crippen LogP contribution in [-0.2, 0) is 17.8 Å². The van der Waals surface area contributed by atoms with Crippen LogP contribution in [0.15, 0.2) is 48.1 Å². The van der Waals surface area contributed by atoms with Gasteiger partial charge in [0, 0.05) is 18.0 Å². The lowest BCUT2D eigenvalue weighted by Gasteiger charge is -2.26. The van der Waals surface area contributed by atoms with E-state index in [-0.39, 0.29) is 5.91 Å². The van der Waals surface area contributed by atoms with Crippen LogP contribution in [0.25, 0.3) is 5.69 Å². The SMILES string of the molecule is O=C(CN1CCc2sccc2C1)Nc1ccccc1-n1ccnn1. The minimum atomic E-state index is -0.0127. The molecule has 1 aromatic carbocycles. The molecular formula is C17H17N5OS. The first-order chi connectivity index (χ1) is 11.8. The summed E-state index contributed by atoms with van der Waals surface area (Å²) in [6.45, 7) is 2.16. The van der Waals surface area contributed by atoms with E-state index in [1.54, 1.807) is 28.4 Å². The summed E-state index contributed by atoms with van der Waals surface area (Å²) >= 11 is 1.81. The van der Waals surface area contributed by atoms with Crippen molar-refractivity contribution in [2.75, 3.05) is 18.4 Å². The highest BCUT2D eigenvalue weighted by Gasteiger charge is 2.19. The van der Waals surface area contributed by atoms with Gasteiger partial charge in [-0.05, 0) is 35.6 Å². The van der Waals surface area contributed by atoms with E-state index in [0.717, 1.165) is 30.9 Å². The topological polar surface area (TPSA) is 63.1 Å². The second-order valence-electron chi connectivity index (χ2n) is 5.74. The molecule has 7 heteroatoms. The van der Waals surface area contributed by atoms with Gasteiger partial charge in [-0.25, -0.2) is 4.68 Å². The van der Waals surface area contributed by atoms with Gasteiger partial charge in [-0.2, -0.15) is 0 Å². The third-order valence-corrected chi connectivity index (χ3v) is 5.12. The quantitative estimate of drug-likeness (QED) is 0.792. The molecule has 0 aliphatic carbocycles. The molecule has 2 aromatic heterocycles. The van der Waals surface area contributed by atoms with Gasteiger partial charge in [0.1, 0.15) is 0 Å². The number of nitrogens with zero attached hydrogens (tertiary/aromatic N) is 4. The molecule has 1 N–H and O–H groups in total. The van der Waals surface area contributed by atoms with Crippen LogP contribution >= 0.6 is 11.3 Å². The Balaban J connectivity index is 1.44. The van der Waals surface area contributed by atoms with Crippen molar-refractivity contribution in [2.45, 2.75) is 13.0 Å². The Morgan fingerprint density at radius 2 is 2.21 bits per heavy atom. The van der Waals surface area contributed by atoms with Gasteiger partial charge in [-0.1, -0.05) is 17.3 Å². The molecule has 0 saturated heterocycles.